The first-order valence-electron chi connectivity index (χ1n) is 13.3. The maximum absolute atomic E-state index is 13.5. The average Bonchev–Trinajstić information content (AvgIpc) is 3.38. The number of carbonyl (C=O) groups is 1. The lowest BCUT2D eigenvalue weighted by molar-refractivity contribution is 0.102. The second-order valence-corrected chi connectivity index (χ2v) is 14.1. The van der Waals surface area contributed by atoms with Gasteiger partial charge in [-0.3, -0.25) is 4.79 Å². The summed E-state index contributed by atoms with van der Waals surface area (Å²) in [6.07, 6.45) is 5.79. The molecule has 1 atom stereocenters. The van der Waals surface area contributed by atoms with Gasteiger partial charge in [0.25, 0.3) is 5.91 Å². The Labute approximate surface area is 220 Å². The van der Waals surface area contributed by atoms with Gasteiger partial charge in [-0.25, -0.2) is 13.4 Å². The van der Waals surface area contributed by atoms with Crippen molar-refractivity contribution >= 4 is 33.1 Å². The number of pyridine rings is 1. The van der Waals surface area contributed by atoms with Gasteiger partial charge in [-0.2, -0.15) is 0 Å². The lowest BCUT2D eigenvalue weighted by Gasteiger charge is -2.34. The highest BCUT2D eigenvalue weighted by molar-refractivity contribution is 7.91. The number of anilines is 3. The van der Waals surface area contributed by atoms with Crippen molar-refractivity contribution in [1.82, 2.24) is 4.98 Å². The van der Waals surface area contributed by atoms with E-state index in [9.17, 15) is 13.2 Å². The highest BCUT2D eigenvalue weighted by Crippen LogP contribution is 2.54. The van der Waals surface area contributed by atoms with E-state index in [1.165, 1.54) is 12.8 Å². The van der Waals surface area contributed by atoms with Gasteiger partial charge in [0.1, 0.15) is 11.6 Å². The normalized spacial score (nSPS) is 21.2. The molecule has 1 amide bonds. The predicted molar refractivity (Wildman–Crippen MR) is 146 cm³/mol. The molecule has 1 aliphatic carbocycles. The quantitative estimate of drug-likeness (QED) is 0.538. The summed E-state index contributed by atoms with van der Waals surface area (Å²) in [6.45, 7) is 8.84. The first-order chi connectivity index (χ1) is 17.5. The van der Waals surface area contributed by atoms with Crippen molar-refractivity contribution in [3.8, 4) is 0 Å². The molecule has 5 rings (SSSR count). The molecular weight excluding hydrogens is 488 g/mol. The minimum atomic E-state index is -3.48. The molecule has 0 unspecified atom stereocenters. The van der Waals surface area contributed by atoms with Crippen LogP contribution in [0, 0.1) is 10.8 Å². The van der Waals surface area contributed by atoms with Crippen LogP contribution in [0.1, 0.15) is 63.2 Å². The van der Waals surface area contributed by atoms with Crippen LogP contribution >= 0.6 is 0 Å². The third-order valence-electron chi connectivity index (χ3n) is 7.56. The molecule has 3 fully saturated rings. The van der Waals surface area contributed by atoms with E-state index < -0.39 is 9.84 Å². The number of amides is 1. The summed E-state index contributed by atoms with van der Waals surface area (Å²) in [5.41, 5.74) is 1.08. The Bertz CT molecular complexity index is 1250. The van der Waals surface area contributed by atoms with Crippen molar-refractivity contribution in [1.29, 1.82) is 0 Å². The molecule has 3 heterocycles. The molecule has 2 saturated heterocycles. The van der Waals surface area contributed by atoms with E-state index in [-0.39, 0.29) is 28.0 Å². The molecule has 9 heteroatoms. The second kappa shape index (κ2) is 9.91. The minimum absolute atomic E-state index is 0.0302. The van der Waals surface area contributed by atoms with E-state index >= 15 is 0 Å². The molecule has 37 heavy (non-hydrogen) atoms. The summed E-state index contributed by atoms with van der Waals surface area (Å²) in [6, 6.07) is 10.4. The zero-order valence-corrected chi connectivity index (χ0v) is 22.9. The van der Waals surface area contributed by atoms with Crippen LogP contribution in [0.2, 0.25) is 0 Å². The maximum atomic E-state index is 13.5. The van der Waals surface area contributed by atoms with Crippen LogP contribution in [0.3, 0.4) is 0 Å². The molecule has 2 aromatic rings. The van der Waals surface area contributed by atoms with Crippen molar-refractivity contribution in [2.75, 3.05) is 47.6 Å². The molecule has 1 saturated carbocycles. The molecule has 2 aliphatic heterocycles. The third kappa shape index (κ3) is 6.26. The van der Waals surface area contributed by atoms with E-state index in [4.69, 9.17) is 9.72 Å². The van der Waals surface area contributed by atoms with Gasteiger partial charge in [0, 0.05) is 25.4 Å². The van der Waals surface area contributed by atoms with Gasteiger partial charge in [-0.05, 0) is 73.3 Å². The Kier molecular flexibility index (Phi) is 6.96. The SMILES string of the molecule is CC(C)(C)CS(=O)(=O)c1cccc(NC(=O)c2ccc(N[C@@H]3CCOC3)nc2N2CCC3(CC2)CC3)c1. The summed E-state index contributed by atoms with van der Waals surface area (Å²) in [4.78, 5) is 20.8. The lowest BCUT2D eigenvalue weighted by atomic mass is 9.93. The molecule has 3 aliphatic rings. The molecule has 1 spiro atoms. The smallest absolute Gasteiger partial charge is 0.259 e. The zero-order chi connectivity index (χ0) is 26.3. The summed E-state index contributed by atoms with van der Waals surface area (Å²) in [5.74, 6) is 1.15. The van der Waals surface area contributed by atoms with Crippen LogP contribution in [0.5, 0.6) is 0 Å². The number of nitrogens with one attached hydrogen (secondary N) is 2. The zero-order valence-electron chi connectivity index (χ0n) is 22.0. The van der Waals surface area contributed by atoms with E-state index in [0.29, 0.717) is 29.1 Å². The number of carbonyl (C=O) groups excluding carboxylic acids is 1. The van der Waals surface area contributed by atoms with Crippen molar-refractivity contribution in [2.45, 2.75) is 63.8 Å². The number of sulfone groups is 1. The van der Waals surface area contributed by atoms with E-state index in [2.05, 4.69) is 15.5 Å². The van der Waals surface area contributed by atoms with Crippen molar-refractivity contribution in [2.24, 2.45) is 10.8 Å². The number of aromatic nitrogens is 1. The van der Waals surface area contributed by atoms with Crippen molar-refractivity contribution < 1.29 is 17.9 Å². The molecule has 2 N–H and O–H groups in total. The predicted octanol–water partition coefficient (Wildman–Crippen LogP) is 4.73. The van der Waals surface area contributed by atoms with Crippen LogP contribution in [-0.4, -0.2) is 57.4 Å². The monoisotopic (exact) mass is 526 g/mol. The molecule has 8 nitrogen and oxygen atoms in total. The Hall–Kier alpha value is -2.65. The summed E-state index contributed by atoms with van der Waals surface area (Å²) in [7, 11) is -3.48. The van der Waals surface area contributed by atoms with Gasteiger partial charge >= 0.3 is 0 Å². The number of hydrogen-bond donors (Lipinski definition) is 2. The number of piperidine rings is 1. The Morgan fingerprint density at radius 1 is 1.14 bits per heavy atom. The molecule has 0 radical (unpaired) electrons. The standard InChI is InChI=1S/C28H38N4O4S/c1-27(2,3)19-37(34,35)22-6-4-5-20(17-22)30-26(33)23-7-8-24(29-21-9-16-36-18-21)31-25(23)32-14-12-28(10-11-28)13-15-32/h4-8,17,21H,9-16,18-19H2,1-3H3,(H,29,31)(H,30,33)/t21-/m1/s1. The second-order valence-electron chi connectivity index (χ2n) is 12.1. The van der Waals surface area contributed by atoms with Gasteiger partial charge < -0.3 is 20.3 Å². The van der Waals surface area contributed by atoms with Crippen LogP contribution in [-0.2, 0) is 14.6 Å². The third-order valence-corrected chi connectivity index (χ3v) is 9.77. The van der Waals surface area contributed by atoms with Gasteiger partial charge in [-0.15, -0.1) is 0 Å². The van der Waals surface area contributed by atoms with Gasteiger partial charge in [0.05, 0.1) is 28.9 Å². The number of rotatable bonds is 7. The van der Waals surface area contributed by atoms with E-state index in [0.717, 1.165) is 44.8 Å². The van der Waals surface area contributed by atoms with Gasteiger partial charge in [0.15, 0.2) is 9.84 Å². The largest absolute Gasteiger partial charge is 0.379 e. The molecular formula is C28H38N4O4S. The molecule has 1 aromatic carbocycles. The van der Waals surface area contributed by atoms with Crippen LogP contribution in [0.4, 0.5) is 17.3 Å². The maximum Gasteiger partial charge on any atom is 0.259 e. The Balaban J connectivity index is 1.38. The highest BCUT2D eigenvalue weighted by atomic mass is 32.2. The van der Waals surface area contributed by atoms with Crippen molar-refractivity contribution in [3.63, 3.8) is 0 Å². The number of nitrogens with zero attached hydrogens (tertiary/aromatic N) is 2. The van der Waals surface area contributed by atoms with Crippen LogP contribution in [0.25, 0.3) is 0 Å². The van der Waals surface area contributed by atoms with Crippen molar-refractivity contribution in [3.05, 3.63) is 42.0 Å². The average molecular weight is 527 g/mol. The number of benzene rings is 1. The fourth-order valence-electron chi connectivity index (χ4n) is 5.29. The Morgan fingerprint density at radius 3 is 2.54 bits per heavy atom. The fourth-order valence-corrected chi connectivity index (χ4v) is 7.19. The fraction of sp³-hybridized carbons (Fsp3) is 0.571. The topological polar surface area (TPSA) is 101 Å². The molecule has 0 bridgehead atoms. The van der Waals surface area contributed by atoms with Gasteiger partial charge in [0.2, 0.25) is 0 Å². The summed E-state index contributed by atoms with van der Waals surface area (Å²) in [5, 5.41) is 6.37. The van der Waals surface area contributed by atoms with E-state index in [1.54, 1.807) is 24.3 Å². The van der Waals surface area contributed by atoms with Crippen LogP contribution < -0.4 is 15.5 Å². The first-order valence-corrected chi connectivity index (χ1v) is 14.9. The molecule has 200 valence electrons. The summed E-state index contributed by atoms with van der Waals surface area (Å²) < 4.78 is 31.3. The number of ether oxygens (including phenoxy) is 1. The minimum Gasteiger partial charge on any atom is -0.379 e. The highest BCUT2D eigenvalue weighted by Gasteiger charge is 2.45. The Morgan fingerprint density at radius 2 is 1.89 bits per heavy atom. The summed E-state index contributed by atoms with van der Waals surface area (Å²) >= 11 is 0. The molecule has 1 aromatic heterocycles. The van der Waals surface area contributed by atoms with E-state index in [1.807, 2.05) is 32.9 Å². The van der Waals surface area contributed by atoms with Crippen LogP contribution in [0.15, 0.2) is 41.3 Å². The number of hydrogen-bond acceptors (Lipinski definition) is 7. The van der Waals surface area contributed by atoms with Gasteiger partial charge in [-0.1, -0.05) is 26.8 Å². The first kappa shape index (κ1) is 26.0. The lowest BCUT2D eigenvalue weighted by Crippen LogP contribution is -2.36.